The maximum absolute atomic E-state index is 11.3. The van der Waals surface area contributed by atoms with E-state index in [9.17, 15) is 9.59 Å². The van der Waals surface area contributed by atoms with Crippen molar-refractivity contribution in [1.82, 2.24) is 0 Å². The van der Waals surface area contributed by atoms with Crippen LogP contribution in [0.25, 0.3) is 0 Å². The van der Waals surface area contributed by atoms with Crippen molar-refractivity contribution in [3.63, 3.8) is 0 Å². The van der Waals surface area contributed by atoms with E-state index in [1.54, 1.807) is 25.1 Å². The quantitative estimate of drug-likeness (QED) is 0.790. The molecule has 0 bridgehead atoms. The topological polar surface area (TPSA) is 67.4 Å². The summed E-state index contributed by atoms with van der Waals surface area (Å²) in [5, 5.41) is 5.39. The number of benzene rings is 1. The number of carbonyl (C=O) groups excluding carboxylic acids is 2. The smallest absolute Gasteiger partial charge is 0.262 e. The molecule has 5 heteroatoms. The van der Waals surface area contributed by atoms with Gasteiger partial charge >= 0.3 is 0 Å². The molecule has 16 heavy (non-hydrogen) atoms. The fraction of sp³-hybridized carbons (Fsp3) is 0.273. The molecule has 0 aliphatic carbocycles. The van der Waals surface area contributed by atoms with Crippen molar-refractivity contribution in [2.45, 2.75) is 13.3 Å². The number of amides is 2. The van der Waals surface area contributed by atoms with E-state index in [1.807, 2.05) is 0 Å². The highest BCUT2D eigenvalue weighted by Gasteiger charge is 2.19. The first-order valence-corrected chi connectivity index (χ1v) is 5.06. The van der Waals surface area contributed by atoms with Crippen LogP contribution in [0.3, 0.4) is 0 Å². The van der Waals surface area contributed by atoms with Gasteiger partial charge in [-0.15, -0.1) is 0 Å². The van der Waals surface area contributed by atoms with E-state index in [2.05, 4.69) is 10.6 Å². The number of nitrogens with one attached hydrogen (secondary N) is 2. The van der Waals surface area contributed by atoms with E-state index in [1.165, 1.54) is 0 Å². The minimum Gasteiger partial charge on any atom is -0.481 e. The van der Waals surface area contributed by atoms with Gasteiger partial charge in [0, 0.05) is 6.42 Å². The maximum atomic E-state index is 11.3. The van der Waals surface area contributed by atoms with Gasteiger partial charge in [-0.2, -0.15) is 0 Å². The van der Waals surface area contributed by atoms with Crippen LogP contribution in [-0.2, 0) is 9.59 Å². The van der Waals surface area contributed by atoms with Gasteiger partial charge in [0.2, 0.25) is 5.91 Å². The molecule has 2 N–H and O–H groups in total. The van der Waals surface area contributed by atoms with Crippen molar-refractivity contribution in [1.29, 1.82) is 0 Å². The van der Waals surface area contributed by atoms with Gasteiger partial charge in [-0.05, 0) is 12.1 Å². The van der Waals surface area contributed by atoms with Gasteiger partial charge in [-0.1, -0.05) is 13.0 Å². The summed E-state index contributed by atoms with van der Waals surface area (Å²) in [6, 6.07) is 5.24. The maximum Gasteiger partial charge on any atom is 0.262 e. The predicted molar refractivity (Wildman–Crippen MR) is 59.5 cm³/mol. The average molecular weight is 220 g/mol. The second kappa shape index (κ2) is 4.22. The molecule has 0 saturated carbocycles. The molecule has 2 amide bonds. The molecule has 1 aromatic carbocycles. The van der Waals surface area contributed by atoms with E-state index in [-0.39, 0.29) is 18.4 Å². The van der Waals surface area contributed by atoms with Crippen molar-refractivity contribution < 1.29 is 14.3 Å². The fourth-order valence-corrected chi connectivity index (χ4v) is 1.44. The summed E-state index contributed by atoms with van der Waals surface area (Å²) < 4.78 is 5.23. The molecule has 2 rings (SSSR count). The Labute approximate surface area is 92.8 Å². The summed E-state index contributed by atoms with van der Waals surface area (Å²) in [4.78, 5) is 22.5. The summed E-state index contributed by atoms with van der Waals surface area (Å²) >= 11 is 0. The molecule has 1 aromatic rings. The van der Waals surface area contributed by atoms with Crippen molar-refractivity contribution in [3.05, 3.63) is 18.2 Å². The van der Waals surface area contributed by atoms with Crippen LogP contribution < -0.4 is 15.4 Å². The lowest BCUT2D eigenvalue weighted by atomic mass is 10.2. The number of anilines is 2. The van der Waals surface area contributed by atoms with Crippen LogP contribution in [-0.4, -0.2) is 18.4 Å². The van der Waals surface area contributed by atoms with Crippen LogP contribution in [0.5, 0.6) is 5.75 Å². The molecular weight excluding hydrogens is 208 g/mol. The van der Waals surface area contributed by atoms with Crippen LogP contribution in [0.1, 0.15) is 13.3 Å². The second-order valence-corrected chi connectivity index (χ2v) is 3.42. The molecule has 0 fully saturated rings. The van der Waals surface area contributed by atoms with Crippen molar-refractivity contribution >= 4 is 23.2 Å². The number of fused-ring (bicyclic) bond motifs is 1. The fourth-order valence-electron chi connectivity index (χ4n) is 1.44. The molecule has 0 atom stereocenters. The Morgan fingerprint density at radius 3 is 3.12 bits per heavy atom. The first-order chi connectivity index (χ1) is 7.70. The van der Waals surface area contributed by atoms with Crippen LogP contribution >= 0.6 is 0 Å². The normalized spacial score (nSPS) is 13.4. The van der Waals surface area contributed by atoms with E-state index in [0.717, 1.165) is 0 Å². The molecule has 0 spiro atoms. The van der Waals surface area contributed by atoms with Gasteiger partial charge in [-0.25, -0.2) is 0 Å². The third-order valence-corrected chi connectivity index (χ3v) is 2.24. The summed E-state index contributed by atoms with van der Waals surface area (Å²) in [7, 11) is 0. The molecule has 0 saturated heterocycles. The average Bonchev–Trinajstić information content (AvgIpc) is 2.29. The Morgan fingerprint density at radius 1 is 1.56 bits per heavy atom. The third kappa shape index (κ3) is 1.98. The summed E-state index contributed by atoms with van der Waals surface area (Å²) in [5.41, 5.74) is 1.10. The molecule has 1 aliphatic rings. The van der Waals surface area contributed by atoms with E-state index >= 15 is 0 Å². The highest BCUT2D eigenvalue weighted by Crippen LogP contribution is 2.34. The number of ether oxygens (including phenoxy) is 1. The van der Waals surface area contributed by atoms with Crippen molar-refractivity contribution in [3.8, 4) is 5.75 Å². The SMILES string of the molecule is CCC(=O)Nc1cccc2c1NC(=O)CO2. The first kappa shape index (κ1) is 10.5. The Kier molecular flexibility index (Phi) is 2.76. The standard InChI is InChI=1S/C11H12N2O3/c1-2-9(14)12-7-4-3-5-8-11(7)13-10(15)6-16-8/h3-5H,2,6H2,1H3,(H,12,14)(H,13,15). The Hall–Kier alpha value is -2.04. The van der Waals surface area contributed by atoms with Gasteiger partial charge < -0.3 is 15.4 Å². The van der Waals surface area contributed by atoms with Crippen LogP contribution in [0, 0.1) is 0 Å². The Bertz CT molecular complexity index is 443. The van der Waals surface area contributed by atoms with Gasteiger partial charge in [0.1, 0.15) is 11.4 Å². The van der Waals surface area contributed by atoms with Crippen LogP contribution in [0.15, 0.2) is 18.2 Å². The van der Waals surface area contributed by atoms with Gasteiger partial charge in [-0.3, -0.25) is 9.59 Å². The van der Waals surface area contributed by atoms with E-state index in [4.69, 9.17) is 4.74 Å². The van der Waals surface area contributed by atoms with Crippen LogP contribution in [0.2, 0.25) is 0 Å². The second-order valence-electron chi connectivity index (χ2n) is 3.42. The number of hydrogen-bond donors (Lipinski definition) is 2. The summed E-state index contributed by atoms with van der Waals surface area (Å²) in [6.45, 7) is 1.78. The molecular formula is C11H12N2O3. The van der Waals surface area contributed by atoms with Gasteiger partial charge in [0.25, 0.3) is 5.91 Å². The van der Waals surface area contributed by atoms with E-state index in [0.29, 0.717) is 23.5 Å². The zero-order valence-corrected chi connectivity index (χ0v) is 8.87. The number of hydrogen-bond acceptors (Lipinski definition) is 3. The summed E-state index contributed by atoms with van der Waals surface area (Å²) in [5.74, 6) is 0.257. The van der Waals surface area contributed by atoms with Gasteiger partial charge in [0.15, 0.2) is 6.61 Å². The number of para-hydroxylation sites is 1. The van der Waals surface area contributed by atoms with Crippen molar-refractivity contribution in [2.24, 2.45) is 0 Å². The van der Waals surface area contributed by atoms with E-state index < -0.39 is 0 Å². The molecule has 1 aliphatic heterocycles. The molecule has 84 valence electrons. The minimum atomic E-state index is -0.217. The Balaban J connectivity index is 2.32. The lowest BCUT2D eigenvalue weighted by Crippen LogP contribution is -2.26. The molecule has 1 heterocycles. The van der Waals surface area contributed by atoms with Gasteiger partial charge in [0.05, 0.1) is 5.69 Å². The highest BCUT2D eigenvalue weighted by molar-refractivity contribution is 6.03. The Morgan fingerprint density at radius 2 is 2.38 bits per heavy atom. The van der Waals surface area contributed by atoms with Crippen molar-refractivity contribution in [2.75, 3.05) is 17.2 Å². The van der Waals surface area contributed by atoms with Crippen LogP contribution in [0.4, 0.5) is 11.4 Å². The molecule has 5 nitrogen and oxygen atoms in total. The lowest BCUT2D eigenvalue weighted by molar-refractivity contribution is -0.119. The predicted octanol–water partition coefficient (Wildman–Crippen LogP) is 1.37. The number of rotatable bonds is 2. The first-order valence-electron chi connectivity index (χ1n) is 5.06. The zero-order chi connectivity index (χ0) is 11.5. The zero-order valence-electron chi connectivity index (χ0n) is 8.87. The highest BCUT2D eigenvalue weighted by atomic mass is 16.5. The monoisotopic (exact) mass is 220 g/mol. The molecule has 0 aromatic heterocycles. The summed E-state index contributed by atoms with van der Waals surface area (Å²) in [6.07, 6.45) is 0.387. The molecule has 0 unspecified atom stereocenters. The molecule has 0 radical (unpaired) electrons. The lowest BCUT2D eigenvalue weighted by Gasteiger charge is -2.20. The largest absolute Gasteiger partial charge is 0.481 e. The third-order valence-electron chi connectivity index (χ3n) is 2.24. The minimum absolute atomic E-state index is 0.0121. The number of carbonyl (C=O) groups is 2.